The van der Waals surface area contributed by atoms with Crippen molar-refractivity contribution in [2.75, 3.05) is 11.9 Å². The van der Waals surface area contributed by atoms with Gasteiger partial charge in [-0.05, 0) is 36.7 Å². The summed E-state index contributed by atoms with van der Waals surface area (Å²) >= 11 is 3.14. The summed E-state index contributed by atoms with van der Waals surface area (Å²) in [5.41, 5.74) is -0.608. The highest BCUT2D eigenvalue weighted by Crippen LogP contribution is 2.26. The first-order valence-electron chi connectivity index (χ1n) is 7.32. The lowest BCUT2D eigenvalue weighted by molar-refractivity contribution is -0.120. The fraction of sp³-hybridized carbons (Fsp3) is 0.533. The number of carbonyl (C=O) groups is 2. The summed E-state index contributed by atoms with van der Waals surface area (Å²) in [6, 6.07) is -0.000208. The third-order valence-electron chi connectivity index (χ3n) is 3.26. The number of alkyl halides is 1. The molecule has 9 heteroatoms. The van der Waals surface area contributed by atoms with Gasteiger partial charge in [0.05, 0.1) is 16.7 Å². The van der Waals surface area contributed by atoms with E-state index in [1.54, 1.807) is 20.8 Å². The van der Waals surface area contributed by atoms with E-state index in [1.807, 2.05) is 0 Å². The Morgan fingerprint density at radius 2 is 2.12 bits per heavy atom. The molecule has 1 fully saturated rings. The quantitative estimate of drug-likeness (QED) is 0.766. The lowest BCUT2D eigenvalue weighted by Gasteiger charge is -2.27. The minimum absolute atomic E-state index is 0.143. The topological polar surface area (TPSA) is 71.5 Å². The van der Waals surface area contributed by atoms with Crippen LogP contribution in [0.25, 0.3) is 0 Å². The monoisotopic (exact) mass is 405 g/mol. The van der Waals surface area contributed by atoms with Gasteiger partial charge in [0.2, 0.25) is 11.9 Å². The molecule has 2 rings (SSSR count). The third-order valence-corrected chi connectivity index (χ3v) is 3.89. The molecule has 24 heavy (non-hydrogen) atoms. The molecule has 2 atom stereocenters. The van der Waals surface area contributed by atoms with E-state index in [4.69, 9.17) is 4.74 Å². The van der Waals surface area contributed by atoms with E-state index in [0.29, 0.717) is 4.47 Å². The summed E-state index contributed by atoms with van der Waals surface area (Å²) in [5.74, 6) is -1.39. The van der Waals surface area contributed by atoms with Gasteiger partial charge in [-0.15, -0.1) is 0 Å². The van der Waals surface area contributed by atoms with Crippen LogP contribution in [-0.2, 0) is 9.53 Å². The SMILES string of the molecule is CC(C)(C)OC(=O)N1C[C@H](F)C[C@H]1C(=O)Nc1cc(F)ncc1Br. The number of carbonyl (C=O) groups excluding carboxylic acids is 2. The number of likely N-dealkylation sites (tertiary alicyclic amines) is 1. The Balaban J connectivity index is 2.14. The summed E-state index contributed by atoms with van der Waals surface area (Å²) in [4.78, 5) is 29.1. The number of rotatable bonds is 2. The first-order valence-corrected chi connectivity index (χ1v) is 8.11. The van der Waals surface area contributed by atoms with Crippen molar-refractivity contribution in [3.05, 3.63) is 22.7 Å². The number of nitrogens with one attached hydrogen (secondary N) is 1. The lowest BCUT2D eigenvalue weighted by Crippen LogP contribution is -2.45. The van der Waals surface area contributed by atoms with Crippen LogP contribution in [0.3, 0.4) is 0 Å². The zero-order chi connectivity index (χ0) is 18.1. The van der Waals surface area contributed by atoms with Crippen LogP contribution < -0.4 is 5.32 Å². The fourth-order valence-corrected chi connectivity index (χ4v) is 2.60. The molecule has 6 nitrogen and oxygen atoms in total. The van der Waals surface area contributed by atoms with Crippen molar-refractivity contribution in [2.24, 2.45) is 0 Å². The van der Waals surface area contributed by atoms with Crippen molar-refractivity contribution in [2.45, 2.75) is 45.0 Å². The highest BCUT2D eigenvalue weighted by atomic mass is 79.9. The van der Waals surface area contributed by atoms with Gasteiger partial charge in [0.25, 0.3) is 0 Å². The molecule has 0 aliphatic carbocycles. The van der Waals surface area contributed by atoms with Crippen LogP contribution in [0, 0.1) is 5.95 Å². The summed E-state index contributed by atoms with van der Waals surface area (Å²) in [7, 11) is 0. The van der Waals surface area contributed by atoms with Crippen molar-refractivity contribution >= 4 is 33.6 Å². The van der Waals surface area contributed by atoms with E-state index < -0.39 is 35.8 Å². The summed E-state index contributed by atoms with van der Waals surface area (Å²) < 4.78 is 32.5. The number of aromatic nitrogens is 1. The number of hydrogen-bond acceptors (Lipinski definition) is 4. The zero-order valence-electron chi connectivity index (χ0n) is 13.5. The van der Waals surface area contributed by atoms with Gasteiger partial charge in [0, 0.05) is 18.7 Å². The van der Waals surface area contributed by atoms with Crippen molar-refractivity contribution in [3.63, 3.8) is 0 Å². The van der Waals surface area contributed by atoms with Crippen molar-refractivity contribution in [1.82, 2.24) is 9.88 Å². The Kier molecular flexibility index (Phi) is 5.42. The van der Waals surface area contributed by atoms with Gasteiger partial charge in [0.1, 0.15) is 17.8 Å². The average molecular weight is 406 g/mol. The molecule has 1 aromatic rings. The number of amides is 2. The minimum atomic E-state index is -1.33. The highest BCUT2D eigenvalue weighted by molar-refractivity contribution is 9.10. The van der Waals surface area contributed by atoms with Crippen molar-refractivity contribution in [1.29, 1.82) is 0 Å². The molecule has 132 valence electrons. The number of pyridine rings is 1. The first-order chi connectivity index (χ1) is 11.1. The number of anilines is 1. The number of ether oxygens (including phenoxy) is 1. The van der Waals surface area contributed by atoms with E-state index in [2.05, 4.69) is 26.2 Å². The van der Waals surface area contributed by atoms with Crippen LogP contribution in [0.5, 0.6) is 0 Å². The summed E-state index contributed by atoms with van der Waals surface area (Å²) in [6.07, 6.45) is -1.03. The normalized spacial score (nSPS) is 20.8. The molecule has 0 spiro atoms. The maximum atomic E-state index is 13.8. The molecule has 1 aliphatic heterocycles. The van der Waals surface area contributed by atoms with Crippen LogP contribution in [0.4, 0.5) is 19.3 Å². The van der Waals surface area contributed by atoms with Gasteiger partial charge in [-0.1, -0.05) is 0 Å². The standard InChI is InChI=1S/C15H18BrF2N3O3/c1-15(2,3)24-14(23)21-7-8(17)4-11(21)13(22)20-10-5-12(18)19-6-9(10)16/h5-6,8,11H,4,7H2,1-3H3,(H,19,20,22)/t8-,11+/m1/s1. The van der Waals surface area contributed by atoms with E-state index in [-0.39, 0.29) is 18.7 Å². The predicted molar refractivity (Wildman–Crippen MR) is 86.8 cm³/mol. The second-order valence-corrected chi connectivity index (χ2v) is 7.31. The van der Waals surface area contributed by atoms with Crippen molar-refractivity contribution < 1.29 is 23.1 Å². The van der Waals surface area contributed by atoms with Crippen LogP contribution in [0.1, 0.15) is 27.2 Å². The van der Waals surface area contributed by atoms with E-state index in [1.165, 1.54) is 6.20 Å². The largest absolute Gasteiger partial charge is 0.444 e. The smallest absolute Gasteiger partial charge is 0.411 e. The maximum absolute atomic E-state index is 13.8. The Labute approximate surface area is 146 Å². The summed E-state index contributed by atoms with van der Waals surface area (Å²) in [5, 5.41) is 2.48. The van der Waals surface area contributed by atoms with Crippen LogP contribution >= 0.6 is 15.9 Å². The molecule has 1 aliphatic rings. The first kappa shape index (κ1) is 18.6. The fourth-order valence-electron chi connectivity index (χ4n) is 2.28. The van der Waals surface area contributed by atoms with E-state index in [9.17, 15) is 18.4 Å². The van der Waals surface area contributed by atoms with E-state index in [0.717, 1.165) is 11.0 Å². The highest BCUT2D eigenvalue weighted by Gasteiger charge is 2.41. The number of halogens is 3. The van der Waals surface area contributed by atoms with Gasteiger partial charge in [0.15, 0.2) is 0 Å². The molecule has 1 aromatic heterocycles. The third kappa shape index (κ3) is 4.62. The van der Waals surface area contributed by atoms with E-state index >= 15 is 0 Å². The molecule has 1 N–H and O–H groups in total. The molecule has 2 amide bonds. The number of nitrogens with zero attached hydrogens (tertiary/aromatic N) is 2. The number of hydrogen-bond donors (Lipinski definition) is 1. The molecule has 2 heterocycles. The van der Waals surface area contributed by atoms with Gasteiger partial charge in [-0.25, -0.2) is 14.2 Å². The molecule has 0 aromatic carbocycles. The van der Waals surface area contributed by atoms with Gasteiger partial charge < -0.3 is 10.1 Å². The zero-order valence-corrected chi connectivity index (χ0v) is 15.1. The summed E-state index contributed by atoms with van der Waals surface area (Å²) in [6.45, 7) is 4.82. The average Bonchev–Trinajstić information content (AvgIpc) is 2.83. The van der Waals surface area contributed by atoms with Crippen molar-refractivity contribution in [3.8, 4) is 0 Å². The molecule has 0 unspecified atom stereocenters. The minimum Gasteiger partial charge on any atom is -0.444 e. The van der Waals surface area contributed by atoms with Crippen LogP contribution in [0.15, 0.2) is 16.7 Å². The molecular formula is C15H18BrF2N3O3. The van der Waals surface area contributed by atoms with Crippen LogP contribution in [0.2, 0.25) is 0 Å². The molecule has 1 saturated heterocycles. The van der Waals surface area contributed by atoms with Gasteiger partial charge in [-0.3, -0.25) is 9.69 Å². The second kappa shape index (κ2) is 7.00. The Bertz CT molecular complexity index is 651. The second-order valence-electron chi connectivity index (χ2n) is 6.46. The van der Waals surface area contributed by atoms with Gasteiger partial charge in [-0.2, -0.15) is 4.39 Å². The predicted octanol–water partition coefficient (Wildman–Crippen LogP) is 3.27. The Morgan fingerprint density at radius 1 is 1.46 bits per heavy atom. The van der Waals surface area contributed by atoms with Crippen LogP contribution in [-0.4, -0.2) is 46.2 Å². The van der Waals surface area contributed by atoms with Gasteiger partial charge >= 0.3 is 6.09 Å². The Hall–Kier alpha value is -1.77. The molecule has 0 bridgehead atoms. The molecular weight excluding hydrogens is 388 g/mol. The lowest BCUT2D eigenvalue weighted by atomic mass is 10.2. The maximum Gasteiger partial charge on any atom is 0.411 e. The molecule has 0 saturated carbocycles. The Morgan fingerprint density at radius 3 is 2.75 bits per heavy atom. The molecule has 0 radical (unpaired) electrons.